The number of hydrogen-bond acceptors (Lipinski definition) is 4. The zero-order chi connectivity index (χ0) is 11.3. The normalized spacial score (nSPS) is 25.9. The summed E-state index contributed by atoms with van der Waals surface area (Å²) >= 11 is 0. The Morgan fingerprint density at radius 2 is 2.40 bits per heavy atom. The van der Waals surface area contributed by atoms with E-state index >= 15 is 0 Å². The first-order chi connectivity index (χ1) is 7.17. The lowest BCUT2D eigenvalue weighted by atomic mass is 10.1. The first kappa shape index (κ1) is 12.4. The predicted molar refractivity (Wildman–Crippen MR) is 53.5 cm³/mol. The molecule has 1 saturated heterocycles. The Bertz CT molecular complexity index is 216. The molecule has 88 valence electrons. The van der Waals surface area contributed by atoms with Crippen LogP contribution in [0, 0.1) is 0 Å². The van der Waals surface area contributed by atoms with E-state index in [9.17, 15) is 9.28 Å². The van der Waals surface area contributed by atoms with Crippen molar-refractivity contribution >= 4 is 5.91 Å². The van der Waals surface area contributed by atoms with Gasteiger partial charge in [0.2, 0.25) is 5.91 Å². The highest BCUT2D eigenvalue weighted by Crippen LogP contribution is 2.15. The van der Waals surface area contributed by atoms with Crippen molar-refractivity contribution in [1.29, 1.82) is 0 Å². The molecule has 5 nitrogen and oxygen atoms in total. The smallest absolute Gasteiger partial charge is 0.236 e. The number of carbonyl (C=O) groups is 1. The summed E-state index contributed by atoms with van der Waals surface area (Å²) in [7, 11) is 1.60. The van der Waals surface area contributed by atoms with Crippen LogP contribution in [0.3, 0.4) is 0 Å². The standard InChI is InChI=1S/C9H18FN3O2/c1-11-9(15)8-3-2-7(12-8)4-5-13(10)6-14/h7-8,12,14H,2-6H2,1H3,(H,11,15). The van der Waals surface area contributed by atoms with Gasteiger partial charge < -0.3 is 15.7 Å². The molecular weight excluding hydrogens is 201 g/mol. The fourth-order valence-electron chi connectivity index (χ4n) is 1.79. The van der Waals surface area contributed by atoms with Crippen molar-refractivity contribution in [1.82, 2.24) is 15.8 Å². The molecule has 1 aliphatic rings. The lowest BCUT2D eigenvalue weighted by molar-refractivity contribution is -0.122. The number of rotatable bonds is 5. The number of aliphatic hydroxyl groups excluding tert-OH is 1. The topological polar surface area (TPSA) is 64.6 Å². The van der Waals surface area contributed by atoms with Crippen LogP contribution >= 0.6 is 0 Å². The minimum absolute atomic E-state index is 0.0169. The van der Waals surface area contributed by atoms with Gasteiger partial charge in [-0.25, -0.2) is 0 Å². The molecule has 0 radical (unpaired) electrons. The molecule has 0 aromatic heterocycles. The number of carbonyl (C=O) groups excluding carboxylic acids is 1. The maximum atomic E-state index is 12.6. The van der Waals surface area contributed by atoms with E-state index in [1.165, 1.54) is 0 Å². The van der Waals surface area contributed by atoms with Gasteiger partial charge in [-0.3, -0.25) is 4.79 Å². The Morgan fingerprint density at radius 3 is 3.00 bits per heavy atom. The predicted octanol–water partition coefficient (Wildman–Crippen LogP) is -0.621. The van der Waals surface area contributed by atoms with Crippen LogP contribution in [0.15, 0.2) is 0 Å². The van der Waals surface area contributed by atoms with Crippen molar-refractivity contribution in [2.24, 2.45) is 0 Å². The van der Waals surface area contributed by atoms with E-state index < -0.39 is 6.73 Å². The molecule has 1 amide bonds. The van der Waals surface area contributed by atoms with Crippen molar-refractivity contribution < 1.29 is 14.4 Å². The Morgan fingerprint density at radius 1 is 1.67 bits per heavy atom. The number of amides is 1. The summed E-state index contributed by atoms with van der Waals surface area (Å²) in [5.41, 5.74) is 0. The molecule has 0 aromatic carbocycles. The third-order valence-electron chi connectivity index (χ3n) is 2.68. The fraction of sp³-hybridized carbons (Fsp3) is 0.889. The summed E-state index contributed by atoms with van der Waals surface area (Å²) in [6, 6.07) is 0.0132. The molecule has 2 atom stereocenters. The van der Waals surface area contributed by atoms with Gasteiger partial charge in [-0.1, -0.05) is 0 Å². The molecule has 3 N–H and O–H groups in total. The highest BCUT2D eigenvalue weighted by atomic mass is 19.2. The van der Waals surface area contributed by atoms with Crippen molar-refractivity contribution in [3.8, 4) is 0 Å². The number of halogens is 1. The number of aliphatic hydroxyl groups is 1. The summed E-state index contributed by atoms with van der Waals surface area (Å²) in [6.07, 6.45) is 2.26. The van der Waals surface area contributed by atoms with Crippen LogP contribution in [0.4, 0.5) is 4.48 Å². The van der Waals surface area contributed by atoms with Crippen LogP contribution < -0.4 is 10.6 Å². The van der Waals surface area contributed by atoms with E-state index in [0.717, 1.165) is 12.8 Å². The first-order valence-corrected chi connectivity index (χ1v) is 5.16. The molecule has 0 spiro atoms. The van der Waals surface area contributed by atoms with E-state index in [4.69, 9.17) is 5.11 Å². The number of likely N-dealkylation sites (N-methyl/N-ethyl adjacent to an activating group) is 1. The minimum Gasteiger partial charge on any atom is -0.379 e. The van der Waals surface area contributed by atoms with Gasteiger partial charge >= 0.3 is 0 Å². The molecule has 0 aromatic rings. The monoisotopic (exact) mass is 219 g/mol. The second-order valence-corrected chi connectivity index (χ2v) is 3.72. The fourth-order valence-corrected chi connectivity index (χ4v) is 1.79. The molecular formula is C9H18FN3O2. The van der Waals surface area contributed by atoms with Gasteiger partial charge in [-0.15, -0.1) is 9.60 Å². The number of nitrogens with one attached hydrogen (secondary N) is 2. The Balaban J connectivity index is 2.22. The highest BCUT2D eigenvalue weighted by molar-refractivity contribution is 5.81. The zero-order valence-corrected chi connectivity index (χ0v) is 8.87. The van der Waals surface area contributed by atoms with Gasteiger partial charge in [0, 0.05) is 19.6 Å². The summed E-state index contributed by atoms with van der Waals surface area (Å²) in [4.78, 5) is 11.3. The molecule has 1 aliphatic heterocycles. The molecule has 0 bridgehead atoms. The molecule has 15 heavy (non-hydrogen) atoms. The van der Waals surface area contributed by atoms with Crippen LogP contribution in [0.25, 0.3) is 0 Å². The lowest BCUT2D eigenvalue weighted by Crippen LogP contribution is -2.41. The zero-order valence-electron chi connectivity index (χ0n) is 8.87. The minimum atomic E-state index is -0.578. The van der Waals surface area contributed by atoms with Crippen LogP contribution in [0.2, 0.25) is 0 Å². The summed E-state index contributed by atoms with van der Waals surface area (Å²) in [5, 5.41) is 14.5. The largest absolute Gasteiger partial charge is 0.379 e. The average Bonchev–Trinajstić information content (AvgIpc) is 2.73. The van der Waals surface area contributed by atoms with E-state index in [1.54, 1.807) is 7.05 Å². The van der Waals surface area contributed by atoms with Crippen molar-refractivity contribution in [2.75, 3.05) is 20.3 Å². The second-order valence-electron chi connectivity index (χ2n) is 3.72. The number of hydrogen-bond donors (Lipinski definition) is 3. The van der Waals surface area contributed by atoms with Gasteiger partial charge in [0.25, 0.3) is 0 Å². The third-order valence-corrected chi connectivity index (χ3v) is 2.68. The Hall–Kier alpha value is -0.720. The average molecular weight is 219 g/mol. The summed E-state index contributed by atoms with van der Waals surface area (Å²) in [5.74, 6) is -0.0169. The van der Waals surface area contributed by atoms with Crippen molar-refractivity contribution in [2.45, 2.75) is 31.3 Å². The van der Waals surface area contributed by atoms with Crippen LogP contribution in [-0.4, -0.2) is 48.5 Å². The third kappa shape index (κ3) is 3.73. The van der Waals surface area contributed by atoms with E-state index in [0.29, 0.717) is 11.5 Å². The molecule has 0 saturated carbocycles. The Kier molecular flexibility index (Phi) is 4.93. The molecule has 1 rings (SSSR count). The van der Waals surface area contributed by atoms with Crippen LogP contribution in [-0.2, 0) is 4.79 Å². The van der Waals surface area contributed by atoms with E-state index in [1.807, 2.05) is 0 Å². The maximum absolute atomic E-state index is 12.6. The molecule has 0 aliphatic carbocycles. The summed E-state index contributed by atoms with van der Waals surface area (Å²) in [6.45, 7) is -0.389. The SMILES string of the molecule is CNC(=O)C1CCC(CCN(F)CO)N1. The highest BCUT2D eigenvalue weighted by Gasteiger charge is 2.28. The van der Waals surface area contributed by atoms with Crippen LogP contribution in [0.1, 0.15) is 19.3 Å². The van der Waals surface area contributed by atoms with Gasteiger partial charge in [0.15, 0.2) is 0 Å². The van der Waals surface area contributed by atoms with Crippen molar-refractivity contribution in [3.63, 3.8) is 0 Å². The number of nitrogens with zero attached hydrogens (tertiary/aromatic N) is 1. The quantitative estimate of drug-likeness (QED) is 0.426. The molecule has 1 fully saturated rings. The molecule has 1 heterocycles. The second kappa shape index (κ2) is 5.99. The molecule has 6 heteroatoms. The van der Waals surface area contributed by atoms with Crippen LogP contribution in [0.5, 0.6) is 0 Å². The summed E-state index contributed by atoms with van der Waals surface area (Å²) < 4.78 is 12.6. The van der Waals surface area contributed by atoms with Gasteiger partial charge in [-0.2, -0.15) is 0 Å². The van der Waals surface area contributed by atoms with E-state index in [2.05, 4.69) is 10.6 Å². The van der Waals surface area contributed by atoms with Crippen molar-refractivity contribution in [3.05, 3.63) is 0 Å². The lowest BCUT2D eigenvalue weighted by Gasteiger charge is -2.14. The Labute approximate surface area is 88.6 Å². The maximum Gasteiger partial charge on any atom is 0.236 e. The molecule has 2 unspecified atom stereocenters. The van der Waals surface area contributed by atoms with E-state index in [-0.39, 0.29) is 24.5 Å². The van der Waals surface area contributed by atoms with Gasteiger partial charge in [0.1, 0.15) is 6.73 Å². The van der Waals surface area contributed by atoms with Gasteiger partial charge in [0.05, 0.1) is 6.04 Å². The first-order valence-electron chi connectivity index (χ1n) is 5.16. The van der Waals surface area contributed by atoms with Gasteiger partial charge in [-0.05, 0) is 19.3 Å².